The van der Waals surface area contributed by atoms with E-state index in [1.54, 1.807) is 4.90 Å². The molecule has 0 radical (unpaired) electrons. The van der Waals surface area contributed by atoms with E-state index in [9.17, 15) is 9.59 Å². The smallest absolute Gasteiger partial charge is 0.249 e. The van der Waals surface area contributed by atoms with E-state index in [1.807, 2.05) is 20.8 Å². The molecule has 2 amide bonds. The van der Waals surface area contributed by atoms with Crippen molar-refractivity contribution in [3.63, 3.8) is 0 Å². The van der Waals surface area contributed by atoms with Gasteiger partial charge >= 0.3 is 0 Å². The maximum Gasteiger partial charge on any atom is 0.249 e. The second-order valence-corrected chi connectivity index (χ2v) is 6.63. The zero-order valence-corrected chi connectivity index (χ0v) is 13.7. The lowest BCUT2D eigenvalue weighted by atomic mass is 9.82. The van der Waals surface area contributed by atoms with Gasteiger partial charge in [-0.05, 0) is 45.4 Å². The predicted molar refractivity (Wildman–Crippen MR) is 80.8 cm³/mol. The number of carbonyl (C=O) groups excluding carboxylic acids is 2. The largest absolute Gasteiger partial charge is 0.380 e. The van der Waals surface area contributed by atoms with Crippen LogP contribution in [-0.2, 0) is 14.3 Å². The summed E-state index contributed by atoms with van der Waals surface area (Å²) in [6, 6.07) is 0. The van der Waals surface area contributed by atoms with Crippen molar-refractivity contribution in [1.29, 1.82) is 0 Å². The highest BCUT2D eigenvalue weighted by molar-refractivity contribution is 6.02. The molecular formula is C16H28N2O3. The van der Waals surface area contributed by atoms with E-state index in [1.165, 1.54) is 0 Å². The number of hydrogen-bond acceptors (Lipinski definition) is 3. The SMILES string of the molecule is CCCOCCN1C(=O)C(C)(CC)NC(=O)C1(C)C1CC1. The Morgan fingerprint density at radius 2 is 1.90 bits per heavy atom. The standard InChI is InChI=1S/C16H28N2O3/c1-5-10-21-11-9-18-14(20)15(3,6-2)17-13(19)16(18,4)12-7-8-12/h12H,5-11H2,1-4H3,(H,17,19). The Kier molecular flexibility index (Phi) is 4.61. The van der Waals surface area contributed by atoms with Crippen LogP contribution in [0.4, 0.5) is 0 Å². The van der Waals surface area contributed by atoms with Crippen molar-refractivity contribution >= 4 is 11.8 Å². The van der Waals surface area contributed by atoms with Crippen LogP contribution in [0.3, 0.4) is 0 Å². The van der Waals surface area contributed by atoms with E-state index in [-0.39, 0.29) is 17.7 Å². The molecule has 2 aliphatic rings. The first-order chi connectivity index (χ1) is 9.90. The summed E-state index contributed by atoms with van der Waals surface area (Å²) in [5.74, 6) is 0.303. The van der Waals surface area contributed by atoms with Gasteiger partial charge < -0.3 is 15.0 Å². The van der Waals surface area contributed by atoms with Gasteiger partial charge in [0, 0.05) is 13.2 Å². The highest BCUT2D eigenvalue weighted by Gasteiger charge is 2.59. The third-order valence-corrected chi connectivity index (χ3v) is 5.01. The third kappa shape index (κ3) is 2.80. The van der Waals surface area contributed by atoms with E-state index in [2.05, 4.69) is 12.2 Å². The highest BCUT2D eigenvalue weighted by Crippen LogP contribution is 2.45. The van der Waals surface area contributed by atoms with Crippen LogP contribution in [0.15, 0.2) is 0 Å². The molecule has 5 heteroatoms. The first-order valence-electron chi connectivity index (χ1n) is 8.12. The maximum atomic E-state index is 12.9. The van der Waals surface area contributed by atoms with Crippen LogP contribution in [-0.4, -0.2) is 47.6 Å². The minimum absolute atomic E-state index is 0.00978. The molecule has 2 fully saturated rings. The van der Waals surface area contributed by atoms with Crippen LogP contribution >= 0.6 is 0 Å². The minimum atomic E-state index is -0.782. The Labute approximate surface area is 127 Å². The van der Waals surface area contributed by atoms with E-state index in [0.717, 1.165) is 19.3 Å². The molecule has 2 atom stereocenters. The van der Waals surface area contributed by atoms with Crippen LogP contribution in [0.2, 0.25) is 0 Å². The normalized spacial score (nSPS) is 33.2. The quantitative estimate of drug-likeness (QED) is 0.728. The van der Waals surface area contributed by atoms with Crippen molar-refractivity contribution in [1.82, 2.24) is 10.2 Å². The molecule has 1 aliphatic heterocycles. The topological polar surface area (TPSA) is 58.6 Å². The molecule has 0 spiro atoms. The number of carbonyl (C=O) groups is 2. The zero-order chi connectivity index (χ0) is 15.7. The minimum Gasteiger partial charge on any atom is -0.380 e. The Morgan fingerprint density at radius 1 is 1.24 bits per heavy atom. The van der Waals surface area contributed by atoms with Crippen molar-refractivity contribution in [3.8, 4) is 0 Å². The van der Waals surface area contributed by atoms with Gasteiger partial charge in [0.15, 0.2) is 0 Å². The van der Waals surface area contributed by atoms with E-state index < -0.39 is 11.1 Å². The number of rotatable bonds is 7. The monoisotopic (exact) mass is 296 g/mol. The fourth-order valence-corrected chi connectivity index (χ4v) is 3.09. The first-order valence-corrected chi connectivity index (χ1v) is 8.12. The Balaban J connectivity index is 2.19. The van der Waals surface area contributed by atoms with Gasteiger partial charge in [-0.3, -0.25) is 9.59 Å². The second kappa shape index (κ2) is 5.95. The number of nitrogens with zero attached hydrogens (tertiary/aromatic N) is 1. The molecule has 1 aliphatic carbocycles. The fraction of sp³-hybridized carbons (Fsp3) is 0.875. The molecule has 0 aromatic rings. The molecule has 0 aromatic heterocycles. The lowest BCUT2D eigenvalue weighted by Gasteiger charge is -2.50. The van der Waals surface area contributed by atoms with Crippen LogP contribution in [0.1, 0.15) is 53.4 Å². The second-order valence-electron chi connectivity index (χ2n) is 6.63. The van der Waals surface area contributed by atoms with Gasteiger partial charge in [-0.15, -0.1) is 0 Å². The third-order valence-electron chi connectivity index (χ3n) is 5.01. The fourth-order valence-electron chi connectivity index (χ4n) is 3.09. The maximum absolute atomic E-state index is 12.9. The lowest BCUT2D eigenvalue weighted by molar-refractivity contribution is -0.164. The molecule has 1 heterocycles. The number of piperazine rings is 1. The summed E-state index contributed by atoms with van der Waals surface area (Å²) in [4.78, 5) is 27.3. The van der Waals surface area contributed by atoms with Crippen LogP contribution in [0.25, 0.3) is 0 Å². The first kappa shape index (κ1) is 16.3. The van der Waals surface area contributed by atoms with Crippen molar-refractivity contribution in [2.75, 3.05) is 19.8 Å². The van der Waals surface area contributed by atoms with E-state index in [0.29, 0.717) is 26.2 Å². The average molecular weight is 296 g/mol. The van der Waals surface area contributed by atoms with Gasteiger partial charge in [0.05, 0.1) is 6.61 Å². The summed E-state index contributed by atoms with van der Waals surface area (Å²) in [7, 11) is 0. The Morgan fingerprint density at radius 3 is 2.43 bits per heavy atom. The number of ether oxygens (including phenoxy) is 1. The van der Waals surface area contributed by atoms with Crippen LogP contribution in [0.5, 0.6) is 0 Å². The summed E-state index contributed by atoms with van der Waals surface area (Å²) in [5.41, 5.74) is -1.49. The summed E-state index contributed by atoms with van der Waals surface area (Å²) in [5, 5.41) is 2.96. The van der Waals surface area contributed by atoms with Gasteiger partial charge in [-0.25, -0.2) is 0 Å². The van der Waals surface area contributed by atoms with Gasteiger partial charge in [-0.2, -0.15) is 0 Å². The van der Waals surface area contributed by atoms with Crippen LogP contribution in [0, 0.1) is 5.92 Å². The zero-order valence-electron chi connectivity index (χ0n) is 13.7. The molecule has 1 saturated heterocycles. The lowest BCUT2D eigenvalue weighted by Crippen LogP contribution is -2.75. The molecule has 2 rings (SSSR count). The number of amides is 2. The Bertz CT molecular complexity index is 422. The summed E-state index contributed by atoms with van der Waals surface area (Å²) in [6.07, 6.45) is 3.60. The number of hydrogen-bond donors (Lipinski definition) is 1. The molecule has 120 valence electrons. The average Bonchev–Trinajstić information content (AvgIpc) is 3.29. The molecule has 1 saturated carbocycles. The Hall–Kier alpha value is -1.10. The van der Waals surface area contributed by atoms with Crippen molar-refractivity contribution in [2.24, 2.45) is 5.92 Å². The highest BCUT2D eigenvalue weighted by atomic mass is 16.5. The van der Waals surface area contributed by atoms with Gasteiger partial charge in [0.2, 0.25) is 11.8 Å². The molecule has 0 aromatic carbocycles. The van der Waals surface area contributed by atoms with E-state index in [4.69, 9.17) is 4.74 Å². The van der Waals surface area contributed by atoms with Crippen molar-refractivity contribution < 1.29 is 14.3 Å². The summed E-state index contributed by atoms with van der Waals surface area (Å²) < 4.78 is 5.54. The van der Waals surface area contributed by atoms with E-state index >= 15 is 0 Å². The predicted octanol–water partition coefficient (Wildman–Crippen LogP) is 1.71. The summed E-state index contributed by atoms with van der Waals surface area (Å²) in [6.45, 7) is 9.40. The van der Waals surface area contributed by atoms with Gasteiger partial charge in [-0.1, -0.05) is 13.8 Å². The molecule has 0 bridgehead atoms. The molecule has 5 nitrogen and oxygen atoms in total. The molecule has 1 N–H and O–H groups in total. The molecule has 21 heavy (non-hydrogen) atoms. The van der Waals surface area contributed by atoms with Gasteiger partial charge in [0.1, 0.15) is 11.1 Å². The molecule has 2 unspecified atom stereocenters. The summed E-state index contributed by atoms with van der Waals surface area (Å²) >= 11 is 0. The van der Waals surface area contributed by atoms with Crippen LogP contribution < -0.4 is 5.32 Å². The van der Waals surface area contributed by atoms with Crippen molar-refractivity contribution in [2.45, 2.75) is 64.5 Å². The molecular weight excluding hydrogens is 268 g/mol. The van der Waals surface area contributed by atoms with Gasteiger partial charge in [0.25, 0.3) is 0 Å². The number of nitrogens with one attached hydrogen (secondary N) is 1. The van der Waals surface area contributed by atoms with Crippen molar-refractivity contribution in [3.05, 3.63) is 0 Å².